The van der Waals surface area contributed by atoms with Crippen LogP contribution in [0.2, 0.25) is 0 Å². The van der Waals surface area contributed by atoms with E-state index in [0.29, 0.717) is 24.1 Å². The Morgan fingerprint density at radius 3 is 2.74 bits per heavy atom. The highest BCUT2D eigenvalue weighted by atomic mass is 19.1. The maximum Gasteiger partial charge on any atom is 0.407 e. The SMILES string of the molecule is Cc1cccc(C#CCCNC(=O)OCc2ccccc2)c1F. The molecule has 0 saturated carbocycles. The molecule has 0 saturated heterocycles. The number of amides is 1. The summed E-state index contributed by atoms with van der Waals surface area (Å²) in [7, 11) is 0. The van der Waals surface area contributed by atoms with Crippen LogP contribution in [0.5, 0.6) is 0 Å². The van der Waals surface area contributed by atoms with Crippen LogP contribution in [-0.2, 0) is 11.3 Å². The van der Waals surface area contributed by atoms with E-state index in [1.807, 2.05) is 30.3 Å². The lowest BCUT2D eigenvalue weighted by atomic mass is 10.1. The fraction of sp³-hybridized carbons (Fsp3) is 0.211. The summed E-state index contributed by atoms with van der Waals surface area (Å²) in [5.74, 6) is 5.31. The molecule has 0 spiro atoms. The number of benzene rings is 2. The van der Waals surface area contributed by atoms with Crippen molar-refractivity contribution >= 4 is 6.09 Å². The summed E-state index contributed by atoms with van der Waals surface area (Å²) in [6.45, 7) is 2.28. The molecule has 0 bridgehead atoms. The topological polar surface area (TPSA) is 38.3 Å². The normalized spacial score (nSPS) is 9.65. The first kappa shape index (κ1) is 16.6. The van der Waals surface area contributed by atoms with Crippen LogP contribution in [0.1, 0.15) is 23.1 Å². The van der Waals surface area contributed by atoms with Gasteiger partial charge in [0.15, 0.2) is 0 Å². The number of halogens is 1. The molecular formula is C19H18FNO2. The van der Waals surface area contributed by atoms with Crippen molar-refractivity contribution in [3.63, 3.8) is 0 Å². The van der Waals surface area contributed by atoms with Crippen LogP contribution < -0.4 is 5.32 Å². The second-order valence-electron chi connectivity index (χ2n) is 4.98. The number of aryl methyl sites for hydroxylation is 1. The Morgan fingerprint density at radius 1 is 1.17 bits per heavy atom. The maximum absolute atomic E-state index is 13.7. The van der Waals surface area contributed by atoms with E-state index in [1.165, 1.54) is 0 Å². The summed E-state index contributed by atoms with van der Waals surface area (Å²) in [6, 6.07) is 14.5. The van der Waals surface area contributed by atoms with Crippen LogP contribution in [0.15, 0.2) is 48.5 Å². The number of nitrogens with one attached hydrogen (secondary N) is 1. The van der Waals surface area contributed by atoms with E-state index < -0.39 is 6.09 Å². The summed E-state index contributed by atoms with van der Waals surface area (Å²) in [6.07, 6.45) is -0.0641. The van der Waals surface area contributed by atoms with Crippen LogP contribution >= 0.6 is 0 Å². The third-order valence-electron chi connectivity index (χ3n) is 3.15. The molecule has 4 heteroatoms. The molecule has 0 atom stereocenters. The Labute approximate surface area is 135 Å². The average Bonchev–Trinajstić information content (AvgIpc) is 2.57. The third kappa shape index (κ3) is 5.48. The number of alkyl carbamates (subject to hydrolysis) is 1. The lowest BCUT2D eigenvalue weighted by Gasteiger charge is -2.05. The molecule has 0 fully saturated rings. The number of rotatable bonds is 4. The molecule has 2 aromatic carbocycles. The Bertz CT molecular complexity index is 717. The predicted octanol–water partition coefficient (Wildman–Crippen LogP) is 3.80. The molecule has 2 aromatic rings. The predicted molar refractivity (Wildman–Crippen MR) is 87.3 cm³/mol. The fourth-order valence-corrected chi connectivity index (χ4v) is 1.90. The maximum atomic E-state index is 13.7. The van der Waals surface area contributed by atoms with Gasteiger partial charge in [-0.25, -0.2) is 9.18 Å². The van der Waals surface area contributed by atoms with Crippen molar-refractivity contribution in [1.82, 2.24) is 5.32 Å². The Hall–Kier alpha value is -2.80. The molecule has 23 heavy (non-hydrogen) atoms. The van der Waals surface area contributed by atoms with Crippen molar-refractivity contribution in [3.05, 3.63) is 71.0 Å². The van der Waals surface area contributed by atoms with E-state index in [-0.39, 0.29) is 12.4 Å². The van der Waals surface area contributed by atoms with Gasteiger partial charge in [-0.05, 0) is 24.1 Å². The molecule has 0 aliphatic heterocycles. The summed E-state index contributed by atoms with van der Waals surface area (Å²) in [4.78, 5) is 11.5. The van der Waals surface area contributed by atoms with E-state index >= 15 is 0 Å². The monoisotopic (exact) mass is 311 g/mol. The average molecular weight is 311 g/mol. The minimum atomic E-state index is -0.489. The molecule has 1 N–H and O–H groups in total. The van der Waals surface area contributed by atoms with Gasteiger partial charge in [0.2, 0.25) is 0 Å². The van der Waals surface area contributed by atoms with Gasteiger partial charge in [0.05, 0.1) is 5.56 Å². The summed E-state index contributed by atoms with van der Waals surface area (Å²) in [5.41, 5.74) is 1.87. The molecule has 0 aliphatic rings. The van der Waals surface area contributed by atoms with Gasteiger partial charge in [-0.15, -0.1) is 0 Å². The van der Waals surface area contributed by atoms with Gasteiger partial charge in [-0.2, -0.15) is 0 Å². The number of ether oxygens (including phenoxy) is 1. The van der Waals surface area contributed by atoms with Gasteiger partial charge in [0, 0.05) is 13.0 Å². The molecule has 3 nitrogen and oxygen atoms in total. The summed E-state index contributed by atoms with van der Waals surface area (Å²) >= 11 is 0. The first-order valence-electron chi connectivity index (χ1n) is 7.35. The van der Waals surface area contributed by atoms with Crippen LogP contribution in [0.4, 0.5) is 9.18 Å². The second-order valence-corrected chi connectivity index (χ2v) is 4.98. The van der Waals surface area contributed by atoms with E-state index in [4.69, 9.17) is 4.74 Å². The molecule has 0 heterocycles. The van der Waals surface area contributed by atoms with Gasteiger partial charge >= 0.3 is 6.09 Å². The molecule has 118 valence electrons. The van der Waals surface area contributed by atoms with Gasteiger partial charge in [-0.1, -0.05) is 54.3 Å². The zero-order valence-corrected chi connectivity index (χ0v) is 12.9. The van der Waals surface area contributed by atoms with Crippen molar-refractivity contribution in [1.29, 1.82) is 0 Å². The van der Waals surface area contributed by atoms with Gasteiger partial charge in [0.25, 0.3) is 0 Å². The Balaban J connectivity index is 1.70. The molecular weight excluding hydrogens is 293 g/mol. The minimum Gasteiger partial charge on any atom is -0.445 e. The van der Waals surface area contributed by atoms with E-state index in [1.54, 1.807) is 25.1 Å². The van der Waals surface area contributed by atoms with E-state index in [2.05, 4.69) is 17.2 Å². The second kappa shape index (κ2) is 8.60. The summed E-state index contributed by atoms with van der Waals surface area (Å²) in [5, 5.41) is 2.61. The lowest BCUT2D eigenvalue weighted by Crippen LogP contribution is -2.24. The smallest absolute Gasteiger partial charge is 0.407 e. The summed E-state index contributed by atoms with van der Waals surface area (Å²) < 4.78 is 18.8. The quantitative estimate of drug-likeness (QED) is 0.689. The number of hydrogen-bond donors (Lipinski definition) is 1. The lowest BCUT2D eigenvalue weighted by molar-refractivity contribution is 0.140. The highest BCUT2D eigenvalue weighted by Crippen LogP contribution is 2.10. The molecule has 0 aromatic heterocycles. The fourth-order valence-electron chi connectivity index (χ4n) is 1.90. The zero-order chi connectivity index (χ0) is 16.5. The van der Waals surface area contributed by atoms with Crippen LogP contribution in [0.25, 0.3) is 0 Å². The number of hydrogen-bond acceptors (Lipinski definition) is 2. The van der Waals surface area contributed by atoms with Crippen molar-refractivity contribution in [2.75, 3.05) is 6.54 Å². The van der Waals surface area contributed by atoms with Gasteiger partial charge < -0.3 is 10.1 Å². The molecule has 0 aliphatic carbocycles. The van der Waals surface area contributed by atoms with Gasteiger partial charge in [0.1, 0.15) is 12.4 Å². The first-order chi connectivity index (χ1) is 11.2. The number of carbonyl (C=O) groups is 1. The first-order valence-corrected chi connectivity index (χ1v) is 7.35. The van der Waals surface area contributed by atoms with Crippen molar-refractivity contribution in [2.24, 2.45) is 0 Å². The van der Waals surface area contributed by atoms with Crippen LogP contribution in [-0.4, -0.2) is 12.6 Å². The number of carbonyl (C=O) groups excluding carboxylic acids is 1. The van der Waals surface area contributed by atoms with Crippen molar-refractivity contribution < 1.29 is 13.9 Å². The van der Waals surface area contributed by atoms with Crippen LogP contribution in [0, 0.1) is 24.6 Å². The molecule has 1 amide bonds. The Kier molecular flexibility index (Phi) is 6.19. The standard InChI is InChI=1S/C19H18FNO2/c1-15-8-7-12-17(18(15)20)11-5-6-13-21-19(22)23-14-16-9-3-2-4-10-16/h2-4,7-10,12H,6,13-14H2,1H3,(H,21,22). The van der Waals surface area contributed by atoms with Crippen molar-refractivity contribution in [2.45, 2.75) is 20.0 Å². The van der Waals surface area contributed by atoms with E-state index in [9.17, 15) is 9.18 Å². The molecule has 2 rings (SSSR count). The largest absolute Gasteiger partial charge is 0.445 e. The third-order valence-corrected chi connectivity index (χ3v) is 3.15. The molecule has 0 radical (unpaired) electrons. The Morgan fingerprint density at radius 2 is 1.96 bits per heavy atom. The minimum absolute atomic E-state index is 0.229. The van der Waals surface area contributed by atoms with Crippen LogP contribution in [0.3, 0.4) is 0 Å². The van der Waals surface area contributed by atoms with Crippen molar-refractivity contribution in [3.8, 4) is 11.8 Å². The van der Waals surface area contributed by atoms with Gasteiger partial charge in [-0.3, -0.25) is 0 Å². The molecule has 0 unspecified atom stereocenters. The van der Waals surface area contributed by atoms with E-state index in [0.717, 1.165) is 5.56 Å². The zero-order valence-electron chi connectivity index (χ0n) is 12.9. The highest BCUT2D eigenvalue weighted by molar-refractivity contribution is 5.67. The highest BCUT2D eigenvalue weighted by Gasteiger charge is 2.02.